The Hall–Kier alpha value is -0.800. The van der Waals surface area contributed by atoms with Crippen LogP contribution >= 0.6 is 23.8 Å². The zero-order valence-corrected chi connectivity index (χ0v) is 12.9. The number of aryl methyl sites for hydroxylation is 2. The van der Waals surface area contributed by atoms with Gasteiger partial charge in [-0.15, -0.1) is 0 Å². The molecule has 1 aromatic carbocycles. The van der Waals surface area contributed by atoms with Crippen molar-refractivity contribution >= 4 is 28.8 Å². The maximum atomic E-state index is 6.11. The van der Waals surface area contributed by atoms with Gasteiger partial charge in [-0.25, -0.2) is 0 Å². The first-order valence-corrected chi connectivity index (χ1v) is 6.72. The predicted molar refractivity (Wildman–Crippen MR) is 81.6 cm³/mol. The van der Waals surface area contributed by atoms with Gasteiger partial charge >= 0.3 is 0 Å². The number of halogens is 1. The van der Waals surface area contributed by atoms with Gasteiger partial charge in [0, 0.05) is 10.4 Å². The Labute approximate surface area is 119 Å². The van der Waals surface area contributed by atoms with E-state index in [1.54, 1.807) is 0 Å². The van der Waals surface area contributed by atoms with E-state index >= 15 is 0 Å². The van der Waals surface area contributed by atoms with Crippen molar-refractivity contribution in [3.8, 4) is 5.75 Å². The van der Waals surface area contributed by atoms with Gasteiger partial charge in [-0.3, -0.25) is 0 Å². The van der Waals surface area contributed by atoms with Gasteiger partial charge in [0.25, 0.3) is 0 Å². The summed E-state index contributed by atoms with van der Waals surface area (Å²) < 4.78 is 5.73. The summed E-state index contributed by atoms with van der Waals surface area (Å²) in [6, 6.07) is 3.90. The van der Waals surface area contributed by atoms with Crippen LogP contribution in [0, 0.1) is 19.3 Å². The van der Waals surface area contributed by atoms with Gasteiger partial charge in [-0.1, -0.05) is 37.7 Å². The van der Waals surface area contributed by atoms with Crippen LogP contribution in [0.1, 0.15) is 31.4 Å². The summed E-state index contributed by atoms with van der Waals surface area (Å²) in [4.78, 5) is 0.523. The zero-order valence-electron chi connectivity index (χ0n) is 11.3. The third kappa shape index (κ3) is 3.85. The number of hydrogen-bond donors (Lipinski definition) is 1. The summed E-state index contributed by atoms with van der Waals surface area (Å²) in [6.07, 6.45) is 0.795. The molecule has 0 aliphatic heterocycles. The SMILES string of the molecule is Cc1cc(OCCC(C)(C)C(N)=S)cc(C)c1Cl. The molecule has 0 heterocycles. The van der Waals surface area contributed by atoms with Crippen molar-refractivity contribution in [2.24, 2.45) is 11.1 Å². The van der Waals surface area contributed by atoms with E-state index < -0.39 is 0 Å². The van der Waals surface area contributed by atoms with Gasteiger partial charge in [-0.2, -0.15) is 0 Å². The summed E-state index contributed by atoms with van der Waals surface area (Å²) in [6.45, 7) is 8.58. The average molecular weight is 286 g/mol. The van der Waals surface area contributed by atoms with Crippen molar-refractivity contribution in [1.82, 2.24) is 0 Å². The lowest BCUT2D eigenvalue weighted by molar-refractivity contribution is 0.270. The Morgan fingerprint density at radius 3 is 2.28 bits per heavy atom. The molecule has 0 bridgehead atoms. The standard InChI is InChI=1S/C14H20ClNOS/c1-9-7-11(8-10(2)12(9)15)17-6-5-14(3,4)13(16)18/h7-8H,5-6H2,1-4H3,(H2,16,18). The average Bonchev–Trinajstić information content (AvgIpc) is 2.25. The molecule has 2 nitrogen and oxygen atoms in total. The van der Waals surface area contributed by atoms with Gasteiger partial charge in [-0.05, 0) is 43.5 Å². The minimum atomic E-state index is -0.175. The number of thiocarbonyl (C=S) groups is 1. The second-order valence-electron chi connectivity index (χ2n) is 5.22. The van der Waals surface area contributed by atoms with Crippen molar-refractivity contribution in [2.45, 2.75) is 34.1 Å². The molecule has 0 unspecified atom stereocenters. The van der Waals surface area contributed by atoms with Crippen molar-refractivity contribution < 1.29 is 4.74 Å². The van der Waals surface area contributed by atoms with Crippen LogP contribution in [-0.4, -0.2) is 11.6 Å². The smallest absolute Gasteiger partial charge is 0.119 e. The van der Waals surface area contributed by atoms with E-state index in [4.69, 9.17) is 34.3 Å². The maximum absolute atomic E-state index is 6.11. The molecule has 0 aromatic heterocycles. The monoisotopic (exact) mass is 285 g/mol. The minimum Gasteiger partial charge on any atom is -0.494 e. The minimum absolute atomic E-state index is 0.175. The Kier molecular flexibility index (Phi) is 5.00. The highest BCUT2D eigenvalue weighted by Crippen LogP contribution is 2.27. The molecular weight excluding hydrogens is 266 g/mol. The Morgan fingerprint density at radius 1 is 1.33 bits per heavy atom. The van der Waals surface area contributed by atoms with Crippen molar-refractivity contribution in [3.05, 3.63) is 28.3 Å². The maximum Gasteiger partial charge on any atom is 0.119 e. The van der Waals surface area contributed by atoms with Crippen LogP contribution in [0.15, 0.2) is 12.1 Å². The molecule has 0 radical (unpaired) electrons. The van der Waals surface area contributed by atoms with E-state index in [1.807, 2.05) is 39.8 Å². The molecule has 0 saturated carbocycles. The number of ether oxygens (including phenoxy) is 1. The van der Waals surface area contributed by atoms with E-state index in [2.05, 4.69) is 0 Å². The topological polar surface area (TPSA) is 35.2 Å². The first-order valence-electron chi connectivity index (χ1n) is 5.93. The summed E-state index contributed by atoms with van der Waals surface area (Å²) in [5, 5.41) is 0.797. The molecule has 1 rings (SSSR count). The molecule has 4 heteroatoms. The lowest BCUT2D eigenvalue weighted by Gasteiger charge is -2.23. The van der Waals surface area contributed by atoms with Crippen LogP contribution in [0.3, 0.4) is 0 Å². The van der Waals surface area contributed by atoms with E-state index in [0.29, 0.717) is 11.6 Å². The van der Waals surface area contributed by atoms with Crippen LogP contribution < -0.4 is 10.5 Å². The van der Waals surface area contributed by atoms with Gasteiger partial charge in [0.2, 0.25) is 0 Å². The number of rotatable bonds is 5. The van der Waals surface area contributed by atoms with E-state index in [-0.39, 0.29) is 5.41 Å². The molecule has 0 spiro atoms. The van der Waals surface area contributed by atoms with Crippen molar-refractivity contribution in [2.75, 3.05) is 6.61 Å². The molecule has 2 N–H and O–H groups in total. The second kappa shape index (κ2) is 5.89. The van der Waals surface area contributed by atoms with Crippen LogP contribution in [0.5, 0.6) is 5.75 Å². The third-order valence-electron chi connectivity index (χ3n) is 3.07. The molecule has 0 atom stereocenters. The fourth-order valence-electron chi connectivity index (χ4n) is 1.54. The first kappa shape index (κ1) is 15.3. The number of nitrogens with two attached hydrogens (primary N) is 1. The third-order valence-corrected chi connectivity index (χ3v) is 4.22. The van der Waals surface area contributed by atoms with E-state index in [1.165, 1.54) is 0 Å². The molecule has 0 saturated heterocycles. The van der Waals surface area contributed by atoms with Gasteiger partial charge in [0.05, 0.1) is 11.6 Å². The normalized spacial score (nSPS) is 11.4. The molecule has 0 aliphatic carbocycles. The lowest BCUT2D eigenvalue weighted by Crippen LogP contribution is -2.31. The molecule has 0 fully saturated rings. The first-order chi connectivity index (χ1) is 8.24. The zero-order chi connectivity index (χ0) is 13.9. The largest absolute Gasteiger partial charge is 0.494 e. The van der Waals surface area contributed by atoms with Crippen molar-refractivity contribution in [1.29, 1.82) is 0 Å². The summed E-state index contributed by atoms with van der Waals surface area (Å²) >= 11 is 11.1. The van der Waals surface area contributed by atoms with Gasteiger partial charge in [0.15, 0.2) is 0 Å². The summed E-state index contributed by atoms with van der Waals surface area (Å²) in [5.74, 6) is 0.841. The van der Waals surface area contributed by atoms with Gasteiger partial charge in [0.1, 0.15) is 5.75 Å². The summed E-state index contributed by atoms with van der Waals surface area (Å²) in [7, 11) is 0. The lowest BCUT2D eigenvalue weighted by atomic mass is 9.90. The van der Waals surface area contributed by atoms with E-state index in [0.717, 1.165) is 28.3 Å². The molecule has 0 amide bonds. The highest BCUT2D eigenvalue weighted by Gasteiger charge is 2.21. The summed E-state index contributed by atoms with van der Waals surface area (Å²) in [5.41, 5.74) is 7.56. The highest BCUT2D eigenvalue weighted by atomic mass is 35.5. The molecule has 18 heavy (non-hydrogen) atoms. The van der Waals surface area contributed by atoms with Crippen LogP contribution in [0.4, 0.5) is 0 Å². The fourth-order valence-corrected chi connectivity index (χ4v) is 1.75. The van der Waals surface area contributed by atoms with Crippen LogP contribution in [0.25, 0.3) is 0 Å². The number of benzene rings is 1. The van der Waals surface area contributed by atoms with Gasteiger partial charge < -0.3 is 10.5 Å². The highest BCUT2D eigenvalue weighted by molar-refractivity contribution is 7.80. The number of hydrogen-bond acceptors (Lipinski definition) is 2. The molecule has 100 valence electrons. The van der Waals surface area contributed by atoms with Crippen LogP contribution in [-0.2, 0) is 0 Å². The molecule has 1 aromatic rings. The predicted octanol–water partition coefficient (Wildman–Crippen LogP) is 4.04. The Morgan fingerprint density at radius 2 is 1.83 bits per heavy atom. The molecule has 0 aliphatic rings. The van der Waals surface area contributed by atoms with Crippen LogP contribution in [0.2, 0.25) is 5.02 Å². The van der Waals surface area contributed by atoms with Crippen molar-refractivity contribution in [3.63, 3.8) is 0 Å². The quantitative estimate of drug-likeness (QED) is 0.830. The fraction of sp³-hybridized carbons (Fsp3) is 0.500. The molecular formula is C14H20ClNOS. The Balaban J connectivity index is 2.63. The Bertz CT molecular complexity index is 434. The van der Waals surface area contributed by atoms with E-state index in [9.17, 15) is 0 Å². The second-order valence-corrected chi connectivity index (χ2v) is 6.04.